The first-order chi connectivity index (χ1) is 24.0. The number of anilines is 2. The molecule has 0 amide bonds. The van der Waals surface area contributed by atoms with Crippen molar-refractivity contribution in [3.05, 3.63) is 70.3 Å². The molecular weight excluding hydrogens is 677 g/mol. The Hall–Kier alpha value is -3.32. The van der Waals surface area contributed by atoms with Gasteiger partial charge in [0, 0.05) is 6.07 Å². The molecule has 0 spiro atoms. The highest BCUT2D eigenvalue weighted by atomic mass is 32.2. The number of benzene rings is 3. The third-order valence-electron chi connectivity index (χ3n) is 9.85. The molecule has 0 saturated heterocycles. The van der Waals surface area contributed by atoms with Crippen LogP contribution in [0, 0.1) is 26.7 Å². The van der Waals surface area contributed by atoms with Crippen LogP contribution in [0.4, 0.5) is 11.4 Å². The number of hydrogen-bond donors (Lipinski definition) is 4. The van der Waals surface area contributed by atoms with Crippen LogP contribution in [-0.4, -0.2) is 46.1 Å². The first kappa shape index (κ1) is 39.5. The van der Waals surface area contributed by atoms with E-state index in [1.807, 2.05) is 37.3 Å². The SMILES string of the molecule is COS(=O)Nc1cc(C2CCCCC2)c(OCCOc2ccc(C)c(C)c2)cc1O.COS(=O)Nc1cc(C2CCCCC2C)c(C)cc1O. The van der Waals surface area contributed by atoms with Crippen molar-refractivity contribution in [1.82, 2.24) is 0 Å². The maximum Gasteiger partial charge on any atom is 0.261 e. The molecule has 0 aromatic heterocycles. The minimum absolute atomic E-state index is 0.0231. The van der Waals surface area contributed by atoms with Gasteiger partial charge in [0.2, 0.25) is 0 Å². The summed E-state index contributed by atoms with van der Waals surface area (Å²) in [6, 6.07) is 13.1. The van der Waals surface area contributed by atoms with E-state index < -0.39 is 22.5 Å². The van der Waals surface area contributed by atoms with E-state index in [1.54, 1.807) is 12.1 Å². The van der Waals surface area contributed by atoms with Crippen LogP contribution in [0.25, 0.3) is 0 Å². The largest absolute Gasteiger partial charge is 0.506 e. The summed E-state index contributed by atoms with van der Waals surface area (Å²) in [5.74, 6) is 3.07. The molecule has 2 aliphatic carbocycles. The summed E-state index contributed by atoms with van der Waals surface area (Å²) in [4.78, 5) is 0. The lowest BCUT2D eigenvalue weighted by Gasteiger charge is -2.30. The minimum atomic E-state index is -1.71. The van der Waals surface area contributed by atoms with Crippen molar-refractivity contribution in [1.29, 1.82) is 0 Å². The molecule has 2 aliphatic rings. The van der Waals surface area contributed by atoms with E-state index in [0.717, 1.165) is 29.7 Å². The van der Waals surface area contributed by atoms with Gasteiger partial charge in [0.05, 0.1) is 25.6 Å². The zero-order chi connectivity index (χ0) is 36.2. The van der Waals surface area contributed by atoms with Gasteiger partial charge in [-0.25, -0.2) is 8.42 Å². The third-order valence-corrected chi connectivity index (χ3v) is 11.2. The average molecular weight is 731 g/mol. The van der Waals surface area contributed by atoms with E-state index in [4.69, 9.17) is 17.8 Å². The maximum absolute atomic E-state index is 11.7. The Labute approximate surface area is 302 Å². The van der Waals surface area contributed by atoms with Crippen molar-refractivity contribution in [2.45, 2.75) is 97.3 Å². The summed E-state index contributed by atoms with van der Waals surface area (Å²) < 4.78 is 49.8. The second-order valence-corrected chi connectivity index (χ2v) is 15.3. The van der Waals surface area contributed by atoms with Crippen LogP contribution in [0.3, 0.4) is 0 Å². The number of phenolic OH excluding ortho intramolecular Hbond substituents is 2. The van der Waals surface area contributed by atoms with Gasteiger partial charge in [0.1, 0.15) is 36.2 Å². The van der Waals surface area contributed by atoms with Crippen molar-refractivity contribution < 1.29 is 36.5 Å². The second-order valence-electron chi connectivity index (χ2n) is 13.3. The Kier molecular flexibility index (Phi) is 15.3. The van der Waals surface area contributed by atoms with Crippen molar-refractivity contribution in [3.8, 4) is 23.0 Å². The van der Waals surface area contributed by atoms with E-state index in [-0.39, 0.29) is 11.5 Å². The normalized spacial score (nSPS) is 19.1. The highest BCUT2D eigenvalue weighted by molar-refractivity contribution is 7.81. The maximum atomic E-state index is 11.7. The van der Waals surface area contributed by atoms with E-state index >= 15 is 0 Å². The average Bonchev–Trinajstić information content (AvgIpc) is 3.11. The molecule has 12 heteroatoms. The summed E-state index contributed by atoms with van der Waals surface area (Å²) in [6.45, 7) is 9.21. The molecule has 2 fully saturated rings. The van der Waals surface area contributed by atoms with Gasteiger partial charge >= 0.3 is 0 Å². The molecule has 3 aromatic rings. The lowest BCUT2D eigenvalue weighted by Crippen LogP contribution is -2.16. The smallest absolute Gasteiger partial charge is 0.261 e. The topological polar surface area (TPSA) is 136 Å². The standard InChI is InChI=1S/C23H31NO5S.C15H23NO3S/c1-16-9-10-19(13-17(16)2)28-11-12-29-23-15-22(25)21(24-30(26)27-3)14-20(23)18-7-5-4-6-8-18;1-10-6-4-5-7-12(10)13-9-14(16-20(18)19-3)15(17)8-11(13)2/h9-10,13-15,18,24-25H,4-8,11-12H2,1-3H3;8-10,12,16-17H,4-7H2,1-3H3. The van der Waals surface area contributed by atoms with E-state index in [2.05, 4.69) is 30.2 Å². The van der Waals surface area contributed by atoms with Crippen molar-refractivity contribution in [2.24, 2.45) is 5.92 Å². The van der Waals surface area contributed by atoms with Gasteiger partial charge in [-0.2, -0.15) is 0 Å². The number of aromatic hydroxyl groups is 2. The summed E-state index contributed by atoms with van der Waals surface area (Å²) in [6.07, 6.45) is 10.7. The van der Waals surface area contributed by atoms with Crippen molar-refractivity contribution in [3.63, 3.8) is 0 Å². The Balaban J connectivity index is 0.000000244. The van der Waals surface area contributed by atoms with Gasteiger partial charge in [-0.15, -0.1) is 0 Å². The summed E-state index contributed by atoms with van der Waals surface area (Å²) in [5.41, 5.74) is 6.64. The van der Waals surface area contributed by atoms with E-state index in [9.17, 15) is 18.6 Å². The van der Waals surface area contributed by atoms with Crippen LogP contribution in [0.5, 0.6) is 23.0 Å². The fourth-order valence-corrected chi connectivity index (χ4v) is 7.72. The van der Waals surface area contributed by atoms with Gasteiger partial charge < -0.3 is 19.7 Å². The lowest BCUT2D eigenvalue weighted by atomic mass is 9.75. The summed E-state index contributed by atoms with van der Waals surface area (Å²) >= 11 is -3.34. The van der Waals surface area contributed by atoms with Gasteiger partial charge in [-0.05, 0) is 116 Å². The quantitative estimate of drug-likeness (QED) is 0.101. The molecule has 4 unspecified atom stereocenters. The lowest BCUT2D eigenvalue weighted by molar-refractivity contribution is 0.214. The fraction of sp³-hybridized carbons (Fsp3) is 0.526. The number of aryl methyl sites for hydroxylation is 3. The zero-order valence-corrected chi connectivity index (χ0v) is 31.8. The molecule has 5 rings (SSSR count). The monoisotopic (exact) mass is 730 g/mol. The van der Waals surface area contributed by atoms with Gasteiger partial charge in [-0.3, -0.25) is 17.8 Å². The Morgan fingerprint density at radius 3 is 1.88 bits per heavy atom. The minimum Gasteiger partial charge on any atom is -0.506 e. The number of rotatable bonds is 13. The molecule has 0 heterocycles. The number of nitrogens with one attached hydrogen (secondary N) is 2. The molecular formula is C38H54N2O8S2. The predicted octanol–water partition coefficient (Wildman–Crippen LogP) is 8.78. The molecule has 50 heavy (non-hydrogen) atoms. The molecule has 3 aromatic carbocycles. The Bertz CT molecular complexity index is 1610. The molecule has 276 valence electrons. The summed E-state index contributed by atoms with van der Waals surface area (Å²) in [5, 5.41) is 20.4. The molecule has 4 atom stereocenters. The third kappa shape index (κ3) is 11.1. The van der Waals surface area contributed by atoms with Crippen LogP contribution < -0.4 is 18.9 Å². The Morgan fingerprint density at radius 1 is 0.680 bits per heavy atom. The number of phenols is 2. The van der Waals surface area contributed by atoms with Crippen LogP contribution in [0.1, 0.15) is 104 Å². The van der Waals surface area contributed by atoms with Gasteiger partial charge in [-0.1, -0.05) is 51.5 Å². The number of hydrogen-bond acceptors (Lipinski definition) is 8. The van der Waals surface area contributed by atoms with Crippen LogP contribution >= 0.6 is 0 Å². The fourth-order valence-electron chi connectivity index (χ4n) is 6.87. The second kappa shape index (κ2) is 19.3. The van der Waals surface area contributed by atoms with Crippen LogP contribution in [0.2, 0.25) is 0 Å². The first-order valence-corrected chi connectivity index (χ1v) is 19.6. The molecule has 0 bridgehead atoms. The van der Waals surface area contributed by atoms with E-state index in [1.165, 1.54) is 75.9 Å². The highest BCUT2D eigenvalue weighted by Crippen LogP contribution is 2.43. The highest BCUT2D eigenvalue weighted by Gasteiger charge is 2.26. The zero-order valence-electron chi connectivity index (χ0n) is 30.2. The molecule has 0 aliphatic heterocycles. The van der Waals surface area contributed by atoms with Gasteiger partial charge in [0.15, 0.2) is 0 Å². The Morgan fingerprint density at radius 2 is 1.26 bits per heavy atom. The predicted molar refractivity (Wildman–Crippen MR) is 202 cm³/mol. The van der Waals surface area contributed by atoms with Crippen LogP contribution in [-0.2, 0) is 30.9 Å². The molecule has 0 radical (unpaired) electrons. The van der Waals surface area contributed by atoms with E-state index in [0.29, 0.717) is 48.1 Å². The molecule has 2 saturated carbocycles. The number of ether oxygens (including phenoxy) is 2. The van der Waals surface area contributed by atoms with Gasteiger partial charge in [0.25, 0.3) is 22.5 Å². The van der Waals surface area contributed by atoms with Crippen molar-refractivity contribution >= 4 is 33.9 Å². The van der Waals surface area contributed by atoms with Crippen LogP contribution in [0.15, 0.2) is 42.5 Å². The first-order valence-electron chi connectivity index (χ1n) is 17.5. The summed E-state index contributed by atoms with van der Waals surface area (Å²) in [7, 11) is 2.70. The van der Waals surface area contributed by atoms with Crippen molar-refractivity contribution in [2.75, 3.05) is 36.9 Å². The molecule has 10 nitrogen and oxygen atoms in total. The molecule has 4 N–H and O–H groups in total.